The minimum absolute atomic E-state index is 0.275. The molecule has 3 nitrogen and oxygen atoms in total. The van der Waals surface area contributed by atoms with E-state index in [4.69, 9.17) is 16.3 Å². The van der Waals surface area contributed by atoms with E-state index in [0.29, 0.717) is 11.4 Å². The van der Waals surface area contributed by atoms with E-state index in [1.807, 2.05) is 43.3 Å². The largest absolute Gasteiger partial charge is 0.479 e. The normalized spacial score (nSPS) is 12.1. The molecule has 0 amide bonds. The van der Waals surface area contributed by atoms with Gasteiger partial charge in [-0.2, -0.15) is 0 Å². The average Bonchev–Trinajstić information content (AvgIpc) is 2.47. The third-order valence-electron chi connectivity index (χ3n) is 3.29. The molecule has 1 N–H and O–H groups in total. The van der Waals surface area contributed by atoms with Gasteiger partial charge in [0.25, 0.3) is 0 Å². The van der Waals surface area contributed by atoms with Crippen LogP contribution in [0, 0.1) is 6.92 Å². The van der Waals surface area contributed by atoms with Crippen molar-refractivity contribution in [3.8, 4) is 0 Å². The molecule has 21 heavy (non-hydrogen) atoms. The SMILES string of the molecule is Cc1ccc(Cl)cc1CC(OCc1ccccc1)C(=O)O. The fraction of sp³-hybridized carbons (Fsp3) is 0.235. The fourth-order valence-corrected chi connectivity index (χ4v) is 2.24. The average molecular weight is 305 g/mol. The van der Waals surface area contributed by atoms with Gasteiger partial charge in [0.2, 0.25) is 0 Å². The fourth-order valence-electron chi connectivity index (χ4n) is 2.05. The van der Waals surface area contributed by atoms with Crippen LogP contribution in [0.1, 0.15) is 16.7 Å². The van der Waals surface area contributed by atoms with Crippen LogP contribution in [-0.2, 0) is 22.6 Å². The number of hydrogen-bond donors (Lipinski definition) is 1. The quantitative estimate of drug-likeness (QED) is 0.881. The first-order chi connectivity index (χ1) is 10.1. The smallest absolute Gasteiger partial charge is 0.333 e. The molecule has 0 aliphatic carbocycles. The lowest BCUT2D eigenvalue weighted by Crippen LogP contribution is -2.26. The monoisotopic (exact) mass is 304 g/mol. The third kappa shape index (κ3) is 4.59. The number of hydrogen-bond acceptors (Lipinski definition) is 2. The summed E-state index contributed by atoms with van der Waals surface area (Å²) in [4.78, 5) is 11.4. The first-order valence-electron chi connectivity index (χ1n) is 6.69. The molecule has 2 aromatic carbocycles. The van der Waals surface area contributed by atoms with Crippen LogP contribution in [0.4, 0.5) is 0 Å². The number of halogens is 1. The molecule has 0 radical (unpaired) electrons. The molecule has 2 aromatic rings. The summed E-state index contributed by atoms with van der Waals surface area (Å²) >= 11 is 5.96. The van der Waals surface area contributed by atoms with Gasteiger partial charge in [0.15, 0.2) is 6.10 Å². The summed E-state index contributed by atoms with van der Waals surface area (Å²) in [5, 5.41) is 9.91. The summed E-state index contributed by atoms with van der Waals surface area (Å²) in [6, 6.07) is 15.0. The van der Waals surface area contributed by atoms with E-state index in [1.165, 1.54) is 0 Å². The van der Waals surface area contributed by atoms with Crippen LogP contribution < -0.4 is 0 Å². The van der Waals surface area contributed by atoms with Gasteiger partial charge >= 0.3 is 5.97 Å². The van der Waals surface area contributed by atoms with Gasteiger partial charge in [-0.3, -0.25) is 0 Å². The maximum Gasteiger partial charge on any atom is 0.333 e. The summed E-state index contributed by atoms with van der Waals surface area (Å²) < 4.78 is 5.55. The predicted molar refractivity (Wildman–Crippen MR) is 82.5 cm³/mol. The van der Waals surface area contributed by atoms with E-state index in [2.05, 4.69) is 0 Å². The lowest BCUT2D eigenvalue weighted by molar-refractivity contribution is -0.151. The Balaban J connectivity index is 2.05. The molecule has 1 atom stereocenters. The van der Waals surface area contributed by atoms with Gasteiger partial charge in [0, 0.05) is 11.4 Å². The standard InChI is InChI=1S/C17H17ClO3/c1-12-7-8-15(18)9-14(12)10-16(17(19)20)21-11-13-5-3-2-4-6-13/h2-9,16H,10-11H2,1H3,(H,19,20). The number of ether oxygens (including phenoxy) is 1. The number of benzene rings is 2. The number of carbonyl (C=O) groups is 1. The van der Waals surface area contributed by atoms with Crippen LogP contribution in [0.15, 0.2) is 48.5 Å². The number of carboxylic acid groups (broad SMARTS) is 1. The number of rotatable bonds is 6. The van der Waals surface area contributed by atoms with Crippen LogP contribution in [0.25, 0.3) is 0 Å². The molecule has 1 unspecified atom stereocenters. The Morgan fingerprint density at radius 3 is 2.62 bits per heavy atom. The van der Waals surface area contributed by atoms with E-state index in [1.54, 1.807) is 12.1 Å². The van der Waals surface area contributed by atoms with E-state index >= 15 is 0 Å². The van der Waals surface area contributed by atoms with Crippen molar-refractivity contribution in [2.45, 2.75) is 26.1 Å². The minimum Gasteiger partial charge on any atom is -0.479 e. The van der Waals surface area contributed by atoms with Crippen molar-refractivity contribution in [2.75, 3.05) is 0 Å². The van der Waals surface area contributed by atoms with E-state index in [-0.39, 0.29) is 6.61 Å². The Hall–Kier alpha value is -1.84. The second-order valence-electron chi connectivity index (χ2n) is 4.90. The van der Waals surface area contributed by atoms with E-state index < -0.39 is 12.1 Å². The highest BCUT2D eigenvalue weighted by molar-refractivity contribution is 6.30. The van der Waals surface area contributed by atoms with Gasteiger partial charge < -0.3 is 9.84 Å². The van der Waals surface area contributed by atoms with Crippen LogP contribution in [0.5, 0.6) is 0 Å². The highest BCUT2D eigenvalue weighted by atomic mass is 35.5. The zero-order valence-electron chi connectivity index (χ0n) is 11.8. The Bertz CT molecular complexity index is 611. The molecule has 0 fully saturated rings. The molecule has 0 bridgehead atoms. The summed E-state index contributed by atoms with van der Waals surface area (Å²) in [5.41, 5.74) is 2.85. The Morgan fingerprint density at radius 1 is 1.24 bits per heavy atom. The van der Waals surface area contributed by atoms with Gasteiger partial charge in [-0.05, 0) is 35.7 Å². The molecule has 0 heterocycles. The van der Waals surface area contributed by atoms with Crippen LogP contribution >= 0.6 is 11.6 Å². The van der Waals surface area contributed by atoms with Crippen molar-refractivity contribution >= 4 is 17.6 Å². The zero-order valence-corrected chi connectivity index (χ0v) is 12.5. The maximum absolute atomic E-state index is 11.4. The van der Waals surface area contributed by atoms with Crippen molar-refractivity contribution in [3.05, 3.63) is 70.2 Å². The molecular formula is C17H17ClO3. The van der Waals surface area contributed by atoms with Crippen molar-refractivity contribution in [1.82, 2.24) is 0 Å². The maximum atomic E-state index is 11.4. The third-order valence-corrected chi connectivity index (χ3v) is 3.52. The lowest BCUT2D eigenvalue weighted by Gasteiger charge is -2.15. The number of aryl methyl sites for hydroxylation is 1. The van der Waals surface area contributed by atoms with Gasteiger partial charge in [0.1, 0.15) is 0 Å². The number of aliphatic carboxylic acids is 1. The molecule has 2 rings (SSSR count). The van der Waals surface area contributed by atoms with Crippen LogP contribution in [0.2, 0.25) is 5.02 Å². The second-order valence-corrected chi connectivity index (χ2v) is 5.33. The Labute approximate surface area is 129 Å². The van der Waals surface area contributed by atoms with Crippen molar-refractivity contribution in [2.24, 2.45) is 0 Å². The Kier molecular flexibility index (Phi) is 5.37. The van der Waals surface area contributed by atoms with E-state index in [0.717, 1.165) is 16.7 Å². The molecule has 0 aromatic heterocycles. The molecule has 4 heteroatoms. The molecule has 0 aliphatic heterocycles. The topological polar surface area (TPSA) is 46.5 Å². The van der Waals surface area contributed by atoms with E-state index in [9.17, 15) is 9.90 Å². The number of carboxylic acids is 1. The zero-order chi connectivity index (χ0) is 15.2. The molecule has 0 aliphatic rings. The molecule has 0 saturated heterocycles. The molecule has 0 spiro atoms. The lowest BCUT2D eigenvalue weighted by atomic mass is 10.0. The van der Waals surface area contributed by atoms with Crippen molar-refractivity contribution in [3.63, 3.8) is 0 Å². The summed E-state index contributed by atoms with van der Waals surface area (Å²) in [7, 11) is 0. The van der Waals surface area contributed by atoms with Gasteiger partial charge in [-0.1, -0.05) is 48.0 Å². The molecule has 0 saturated carbocycles. The van der Waals surface area contributed by atoms with Crippen LogP contribution in [0.3, 0.4) is 0 Å². The first-order valence-corrected chi connectivity index (χ1v) is 7.07. The minimum atomic E-state index is -0.967. The second kappa shape index (κ2) is 7.25. The molecule has 110 valence electrons. The van der Waals surface area contributed by atoms with Gasteiger partial charge in [0.05, 0.1) is 6.61 Å². The first kappa shape index (κ1) is 15.5. The summed E-state index contributed by atoms with van der Waals surface area (Å²) in [6.07, 6.45) is -0.587. The van der Waals surface area contributed by atoms with Crippen molar-refractivity contribution < 1.29 is 14.6 Å². The molecular weight excluding hydrogens is 288 g/mol. The Morgan fingerprint density at radius 2 is 1.95 bits per heavy atom. The van der Waals surface area contributed by atoms with Gasteiger partial charge in [-0.15, -0.1) is 0 Å². The van der Waals surface area contributed by atoms with Gasteiger partial charge in [-0.25, -0.2) is 4.79 Å². The predicted octanol–water partition coefficient (Wildman–Crippen LogP) is 3.86. The summed E-state index contributed by atoms with van der Waals surface area (Å²) in [6.45, 7) is 2.21. The highest BCUT2D eigenvalue weighted by Gasteiger charge is 2.19. The highest BCUT2D eigenvalue weighted by Crippen LogP contribution is 2.18. The summed E-state index contributed by atoms with van der Waals surface area (Å²) in [5.74, 6) is -0.967. The van der Waals surface area contributed by atoms with Crippen LogP contribution in [-0.4, -0.2) is 17.2 Å². The van der Waals surface area contributed by atoms with Crippen molar-refractivity contribution in [1.29, 1.82) is 0 Å².